The molecule has 0 saturated heterocycles. The van der Waals surface area contributed by atoms with Crippen LogP contribution in [-0.2, 0) is 6.42 Å². The largest absolute Gasteiger partial charge is 0.396 e. The van der Waals surface area contributed by atoms with Crippen LogP contribution in [0.3, 0.4) is 0 Å². The lowest BCUT2D eigenvalue weighted by molar-refractivity contribution is 0.0239. The van der Waals surface area contributed by atoms with E-state index in [1.807, 2.05) is 42.5 Å². The van der Waals surface area contributed by atoms with Gasteiger partial charge in [0.05, 0.1) is 12.7 Å². The van der Waals surface area contributed by atoms with E-state index in [0.29, 0.717) is 17.2 Å². The van der Waals surface area contributed by atoms with Gasteiger partial charge < -0.3 is 15.5 Å². The first-order valence-corrected chi connectivity index (χ1v) is 10.0. The van der Waals surface area contributed by atoms with Crippen molar-refractivity contribution in [2.45, 2.75) is 36.3 Å². The van der Waals surface area contributed by atoms with Crippen LogP contribution in [0.15, 0.2) is 59.5 Å². The van der Waals surface area contributed by atoms with Crippen LogP contribution in [0, 0.1) is 5.92 Å². The number of amides is 1. The second-order valence-corrected chi connectivity index (χ2v) is 7.92. The van der Waals surface area contributed by atoms with E-state index >= 15 is 0 Å². The Morgan fingerprint density at radius 2 is 1.81 bits per heavy atom. The quantitative estimate of drug-likeness (QED) is 0.624. The molecule has 0 spiro atoms. The average molecular weight is 372 g/mol. The summed E-state index contributed by atoms with van der Waals surface area (Å²) >= 11 is 1.56. The average Bonchev–Trinajstić information content (AvgIpc) is 2.64. The molecule has 3 rings (SSSR count). The Kier molecular flexibility index (Phi) is 6.72. The van der Waals surface area contributed by atoms with Crippen LogP contribution in [-0.4, -0.2) is 40.6 Å². The number of hydrogen-bond donors (Lipinski definition) is 3. The third-order valence-electron chi connectivity index (χ3n) is 4.81. The van der Waals surface area contributed by atoms with Gasteiger partial charge in [-0.1, -0.05) is 30.3 Å². The number of benzene rings is 2. The second-order valence-electron chi connectivity index (χ2n) is 6.75. The summed E-state index contributed by atoms with van der Waals surface area (Å²) in [4.78, 5) is 13.7. The number of hydrogen-bond acceptors (Lipinski definition) is 4. The molecule has 1 fully saturated rings. The minimum atomic E-state index is -0.238. The molecular weight excluding hydrogens is 346 g/mol. The molecule has 1 atom stereocenters. The second kappa shape index (κ2) is 9.21. The lowest BCUT2D eigenvalue weighted by atomic mass is 9.75. The van der Waals surface area contributed by atoms with E-state index in [1.54, 1.807) is 11.8 Å². The van der Waals surface area contributed by atoms with E-state index in [4.69, 9.17) is 5.11 Å². The lowest BCUT2D eigenvalue weighted by Crippen LogP contribution is -2.48. The van der Waals surface area contributed by atoms with Gasteiger partial charge in [-0.2, -0.15) is 0 Å². The highest BCUT2D eigenvalue weighted by atomic mass is 32.2. The monoisotopic (exact) mass is 371 g/mol. The minimum Gasteiger partial charge on any atom is -0.396 e. The third-order valence-corrected chi connectivity index (χ3v) is 5.80. The van der Waals surface area contributed by atoms with Crippen molar-refractivity contribution in [1.82, 2.24) is 5.32 Å². The molecule has 4 nitrogen and oxygen atoms in total. The predicted molar refractivity (Wildman–Crippen MR) is 104 cm³/mol. The summed E-state index contributed by atoms with van der Waals surface area (Å²) in [7, 11) is 0. The van der Waals surface area contributed by atoms with Crippen molar-refractivity contribution < 1.29 is 15.0 Å². The first-order chi connectivity index (χ1) is 12.7. The van der Waals surface area contributed by atoms with Gasteiger partial charge in [0.25, 0.3) is 5.91 Å². The Hall–Kier alpha value is -1.82. The summed E-state index contributed by atoms with van der Waals surface area (Å²) in [5.74, 6) is 0.883. The van der Waals surface area contributed by atoms with Crippen LogP contribution in [0.25, 0.3) is 0 Å². The van der Waals surface area contributed by atoms with Crippen LogP contribution in [0.5, 0.6) is 0 Å². The zero-order valence-electron chi connectivity index (χ0n) is 14.7. The van der Waals surface area contributed by atoms with Crippen LogP contribution in [0.1, 0.15) is 28.8 Å². The highest BCUT2D eigenvalue weighted by Crippen LogP contribution is 2.32. The van der Waals surface area contributed by atoms with Gasteiger partial charge in [0.15, 0.2) is 0 Å². The van der Waals surface area contributed by atoms with Crippen LogP contribution in [0.4, 0.5) is 0 Å². The summed E-state index contributed by atoms with van der Waals surface area (Å²) in [5, 5.41) is 21.7. The van der Waals surface area contributed by atoms with E-state index in [2.05, 4.69) is 17.4 Å². The summed E-state index contributed by atoms with van der Waals surface area (Å²) in [6.07, 6.45) is 2.02. The molecule has 0 aromatic heterocycles. The highest BCUT2D eigenvalue weighted by molar-refractivity contribution is 7.99. The Labute approximate surface area is 158 Å². The first-order valence-electron chi connectivity index (χ1n) is 9.02. The third kappa shape index (κ3) is 5.10. The van der Waals surface area contributed by atoms with Crippen LogP contribution in [0.2, 0.25) is 0 Å². The Morgan fingerprint density at radius 1 is 1.12 bits per heavy atom. The maximum atomic E-state index is 12.7. The van der Waals surface area contributed by atoms with E-state index in [0.717, 1.165) is 24.2 Å². The van der Waals surface area contributed by atoms with E-state index in [1.165, 1.54) is 5.56 Å². The SMILES string of the molecule is O=C(NC(Cc1ccccc1)C1CC(O)C1)c1ccc(SCCO)cc1. The predicted octanol–water partition coefficient (Wildman–Crippen LogP) is 2.88. The molecule has 3 N–H and O–H groups in total. The van der Waals surface area contributed by atoms with E-state index in [9.17, 15) is 9.90 Å². The molecule has 0 radical (unpaired) electrons. The number of aliphatic hydroxyl groups excluding tert-OH is 2. The highest BCUT2D eigenvalue weighted by Gasteiger charge is 2.34. The Bertz CT molecular complexity index is 699. The molecule has 2 aromatic rings. The summed E-state index contributed by atoms with van der Waals surface area (Å²) in [6.45, 7) is 0.140. The molecule has 5 heteroatoms. The van der Waals surface area contributed by atoms with Crippen molar-refractivity contribution in [1.29, 1.82) is 0 Å². The lowest BCUT2D eigenvalue weighted by Gasteiger charge is -2.38. The minimum absolute atomic E-state index is 0.0248. The van der Waals surface area contributed by atoms with Gasteiger partial charge in [-0.3, -0.25) is 4.79 Å². The summed E-state index contributed by atoms with van der Waals surface area (Å²) in [5.41, 5.74) is 1.83. The first kappa shape index (κ1) is 19.0. The smallest absolute Gasteiger partial charge is 0.251 e. The number of rotatable bonds is 8. The molecule has 138 valence electrons. The van der Waals surface area contributed by atoms with Gasteiger partial charge in [-0.15, -0.1) is 11.8 Å². The van der Waals surface area contributed by atoms with Crippen LogP contribution >= 0.6 is 11.8 Å². The maximum absolute atomic E-state index is 12.7. The van der Waals surface area contributed by atoms with E-state index in [-0.39, 0.29) is 24.7 Å². The van der Waals surface area contributed by atoms with Crippen molar-refractivity contribution in [2.24, 2.45) is 5.92 Å². The molecule has 1 aliphatic carbocycles. The van der Waals surface area contributed by atoms with Crippen molar-refractivity contribution in [2.75, 3.05) is 12.4 Å². The number of carbonyl (C=O) groups excluding carboxylic acids is 1. The van der Waals surface area contributed by atoms with Crippen LogP contribution < -0.4 is 5.32 Å². The standard InChI is InChI=1S/C21H25NO3S/c23-10-11-26-19-8-6-16(7-9-19)21(25)22-20(17-13-18(24)14-17)12-15-4-2-1-3-5-15/h1-9,17-18,20,23-24H,10-14H2,(H,22,25). The molecule has 1 amide bonds. The summed E-state index contributed by atoms with van der Waals surface area (Å²) < 4.78 is 0. The van der Waals surface area contributed by atoms with Crippen molar-refractivity contribution in [3.8, 4) is 0 Å². The number of nitrogens with one attached hydrogen (secondary N) is 1. The van der Waals surface area contributed by atoms with Gasteiger partial charge >= 0.3 is 0 Å². The molecular formula is C21H25NO3S. The van der Waals surface area contributed by atoms with Gasteiger partial charge in [-0.05, 0) is 55.0 Å². The van der Waals surface area contributed by atoms with E-state index < -0.39 is 0 Å². The summed E-state index contributed by atoms with van der Waals surface area (Å²) in [6, 6.07) is 17.6. The molecule has 0 aliphatic heterocycles. The fourth-order valence-corrected chi connectivity index (χ4v) is 3.94. The molecule has 1 saturated carbocycles. The van der Waals surface area contributed by atoms with Gasteiger partial charge in [-0.25, -0.2) is 0 Å². The molecule has 1 unspecified atom stereocenters. The van der Waals surface area contributed by atoms with Gasteiger partial charge in [0.1, 0.15) is 0 Å². The number of carbonyl (C=O) groups is 1. The van der Waals surface area contributed by atoms with Crippen molar-refractivity contribution in [3.05, 3.63) is 65.7 Å². The zero-order valence-corrected chi connectivity index (χ0v) is 15.5. The zero-order chi connectivity index (χ0) is 18.4. The fraction of sp³-hybridized carbons (Fsp3) is 0.381. The number of thioether (sulfide) groups is 1. The molecule has 2 aromatic carbocycles. The van der Waals surface area contributed by atoms with Crippen molar-refractivity contribution >= 4 is 17.7 Å². The van der Waals surface area contributed by atoms with Gasteiger partial charge in [0, 0.05) is 22.3 Å². The van der Waals surface area contributed by atoms with Crippen molar-refractivity contribution in [3.63, 3.8) is 0 Å². The fourth-order valence-electron chi connectivity index (χ4n) is 3.28. The van der Waals surface area contributed by atoms with Gasteiger partial charge in [0.2, 0.25) is 0 Å². The normalized spacial score (nSPS) is 20.2. The number of aliphatic hydroxyl groups is 2. The molecule has 26 heavy (non-hydrogen) atoms. The Morgan fingerprint density at radius 3 is 2.42 bits per heavy atom. The molecule has 0 heterocycles. The Balaban J connectivity index is 1.64. The topological polar surface area (TPSA) is 69.6 Å². The molecule has 1 aliphatic rings. The maximum Gasteiger partial charge on any atom is 0.251 e. The molecule has 0 bridgehead atoms.